The van der Waals surface area contributed by atoms with Crippen molar-refractivity contribution in [3.8, 4) is 5.75 Å². The normalized spacial score (nSPS) is 13.6. The van der Waals surface area contributed by atoms with Gasteiger partial charge in [0.25, 0.3) is 5.75 Å². The fourth-order valence-corrected chi connectivity index (χ4v) is 1.74. The smallest absolute Gasteiger partial charge is 0.389 e. The van der Waals surface area contributed by atoms with Crippen LogP contribution in [-0.4, -0.2) is 21.8 Å². The second kappa shape index (κ2) is 5.31. The van der Waals surface area contributed by atoms with E-state index in [1.165, 1.54) is 6.92 Å². The summed E-state index contributed by atoms with van der Waals surface area (Å²) in [4.78, 5) is 28.8. The molecule has 19 heavy (non-hydrogen) atoms. The van der Waals surface area contributed by atoms with Gasteiger partial charge in [0, 0.05) is 19.2 Å². The van der Waals surface area contributed by atoms with Gasteiger partial charge in [0.1, 0.15) is 0 Å². The van der Waals surface area contributed by atoms with Gasteiger partial charge >= 0.3 is 19.2 Å². The minimum absolute atomic E-state index is 0.232. The predicted octanol–water partition coefficient (Wildman–Crippen LogP) is 1.94. The number of aryl methyl sites for hydroxylation is 1. The molecule has 1 aromatic carbocycles. The SMILES string of the molecule is COP(=O)(O)Oc1c([N+](=O)[O-])cc(C)cc1[N+](=O)[O-]. The molecule has 0 amide bonds. The fraction of sp³-hybridized carbons (Fsp3) is 0.250. The van der Waals surface area contributed by atoms with E-state index in [2.05, 4.69) is 9.05 Å². The maximum absolute atomic E-state index is 11.3. The average Bonchev–Trinajstić information content (AvgIpc) is 2.30. The van der Waals surface area contributed by atoms with E-state index in [4.69, 9.17) is 4.89 Å². The second-order valence-corrected chi connectivity index (χ2v) is 4.87. The predicted molar refractivity (Wildman–Crippen MR) is 62.0 cm³/mol. The van der Waals surface area contributed by atoms with Crippen LogP contribution in [0, 0.1) is 27.2 Å². The lowest BCUT2D eigenvalue weighted by Gasteiger charge is -2.11. The lowest BCUT2D eigenvalue weighted by atomic mass is 10.2. The topological polar surface area (TPSA) is 142 Å². The molecule has 1 unspecified atom stereocenters. The Morgan fingerprint density at radius 1 is 1.21 bits per heavy atom. The van der Waals surface area contributed by atoms with Crippen molar-refractivity contribution in [1.29, 1.82) is 0 Å². The number of hydrogen-bond acceptors (Lipinski definition) is 7. The van der Waals surface area contributed by atoms with Crippen molar-refractivity contribution in [3.63, 3.8) is 0 Å². The molecule has 0 aliphatic rings. The van der Waals surface area contributed by atoms with E-state index < -0.39 is 34.8 Å². The zero-order valence-electron chi connectivity index (χ0n) is 9.80. The maximum atomic E-state index is 11.3. The number of benzene rings is 1. The molecule has 1 rings (SSSR count). The molecule has 0 fully saturated rings. The van der Waals surface area contributed by atoms with E-state index in [1.54, 1.807) is 0 Å². The van der Waals surface area contributed by atoms with Gasteiger partial charge in [-0.1, -0.05) is 0 Å². The van der Waals surface area contributed by atoms with Crippen LogP contribution in [0.5, 0.6) is 5.75 Å². The van der Waals surface area contributed by atoms with Crippen molar-refractivity contribution in [1.82, 2.24) is 0 Å². The number of nitrogens with zero attached hydrogens (tertiary/aromatic N) is 2. The Morgan fingerprint density at radius 2 is 1.63 bits per heavy atom. The Balaban J connectivity index is 3.52. The first-order chi connectivity index (χ1) is 8.68. The molecule has 0 spiro atoms. The van der Waals surface area contributed by atoms with Gasteiger partial charge in [0.15, 0.2) is 0 Å². The molecule has 0 heterocycles. The molecular formula is C8H9N2O8P. The molecule has 0 saturated heterocycles. The lowest BCUT2D eigenvalue weighted by molar-refractivity contribution is -0.395. The molecule has 0 radical (unpaired) electrons. The average molecular weight is 292 g/mol. The van der Waals surface area contributed by atoms with Crippen LogP contribution >= 0.6 is 7.82 Å². The molecular weight excluding hydrogens is 283 g/mol. The highest BCUT2D eigenvalue weighted by atomic mass is 31.2. The van der Waals surface area contributed by atoms with Crippen LogP contribution in [0.25, 0.3) is 0 Å². The molecule has 1 aromatic rings. The van der Waals surface area contributed by atoms with Crippen molar-refractivity contribution in [2.75, 3.05) is 7.11 Å². The van der Waals surface area contributed by atoms with Crippen LogP contribution in [0.1, 0.15) is 5.56 Å². The van der Waals surface area contributed by atoms with Crippen LogP contribution in [0.15, 0.2) is 12.1 Å². The van der Waals surface area contributed by atoms with Gasteiger partial charge in [-0.05, 0) is 12.5 Å². The fourth-order valence-electron chi connectivity index (χ4n) is 1.25. The highest BCUT2D eigenvalue weighted by Gasteiger charge is 2.34. The van der Waals surface area contributed by atoms with Gasteiger partial charge in [-0.3, -0.25) is 29.6 Å². The van der Waals surface area contributed by atoms with Crippen LogP contribution in [-0.2, 0) is 9.09 Å². The van der Waals surface area contributed by atoms with Crippen molar-refractivity contribution >= 4 is 19.2 Å². The summed E-state index contributed by atoms with van der Waals surface area (Å²) in [5.74, 6) is -0.923. The first-order valence-electron chi connectivity index (χ1n) is 4.69. The summed E-state index contributed by atoms with van der Waals surface area (Å²) >= 11 is 0. The first-order valence-corrected chi connectivity index (χ1v) is 6.19. The molecule has 104 valence electrons. The summed E-state index contributed by atoms with van der Waals surface area (Å²) in [5, 5.41) is 21.6. The Bertz CT molecular complexity index is 551. The zero-order valence-corrected chi connectivity index (χ0v) is 10.7. The van der Waals surface area contributed by atoms with Gasteiger partial charge in [-0.2, -0.15) is 0 Å². The van der Waals surface area contributed by atoms with Crippen molar-refractivity contribution in [3.05, 3.63) is 37.9 Å². The third-order valence-electron chi connectivity index (χ3n) is 2.02. The molecule has 1 N–H and O–H groups in total. The van der Waals surface area contributed by atoms with Gasteiger partial charge in [-0.15, -0.1) is 0 Å². The van der Waals surface area contributed by atoms with E-state index >= 15 is 0 Å². The summed E-state index contributed by atoms with van der Waals surface area (Å²) in [5.41, 5.74) is -1.35. The van der Waals surface area contributed by atoms with Gasteiger partial charge in [-0.25, -0.2) is 4.57 Å². The molecule has 0 aliphatic carbocycles. The highest BCUT2D eigenvalue weighted by molar-refractivity contribution is 7.47. The van der Waals surface area contributed by atoms with E-state index in [0.29, 0.717) is 0 Å². The molecule has 10 nitrogen and oxygen atoms in total. The number of phosphoric acid groups is 1. The number of rotatable bonds is 5. The summed E-state index contributed by atoms with van der Waals surface area (Å²) < 4.78 is 19.7. The quantitative estimate of drug-likeness (QED) is 0.492. The van der Waals surface area contributed by atoms with E-state index in [9.17, 15) is 24.8 Å². The second-order valence-electron chi connectivity index (χ2n) is 3.39. The molecule has 0 saturated carbocycles. The summed E-state index contributed by atoms with van der Waals surface area (Å²) in [6.45, 7) is 1.40. The number of phosphoric ester groups is 1. The number of hydrogen-bond donors (Lipinski definition) is 1. The Hall–Kier alpha value is -2.03. The molecule has 0 bridgehead atoms. The van der Waals surface area contributed by atoms with Crippen LogP contribution in [0.4, 0.5) is 11.4 Å². The third-order valence-corrected chi connectivity index (χ3v) is 2.90. The standard InChI is InChI=1S/C8H9N2O8P/c1-5-3-6(9(11)12)8(7(4-5)10(13)14)18-19(15,16)17-2/h3-4H,1-2H3,(H,15,16). The van der Waals surface area contributed by atoms with Crippen LogP contribution in [0.2, 0.25) is 0 Å². The molecule has 1 atom stereocenters. The van der Waals surface area contributed by atoms with E-state index in [-0.39, 0.29) is 5.56 Å². The van der Waals surface area contributed by atoms with Gasteiger partial charge in [0.2, 0.25) is 0 Å². The Kier molecular flexibility index (Phi) is 4.20. The van der Waals surface area contributed by atoms with Crippen molar-refractivity contribution < 1.29 is 28.4 Å². The minimum atomic E-state index is -4.65. The first kappa shape index (κ1) is 15.0. The molecule has 11 heteroatoms. The largest absolute Gasteiger partial charge is 0.527 e. The van der Waals surface area contributed by atoms with E-state index in [1.807, 2.05) is 0 Å². The Morgan fingerprint density at radius 3 is 1.95 bits per heavy atom. The maximum Gasteiger partial charge on any atom is 0.527 e. The van der Waals surface area contributed by atoms with Crippen molar-refractivity contribution in [2.24, 2.45) is 0 Å². The van der Waals surface area contributed by atoms with Gasteiger partial charge < -0.3 is 4.52 Å². The summed E-state index contributed by atoms with van der Waals surface area (Å²) in [7, 11) is -3.83. The van der Waals surface area contributed by atoms with Crippen molar-refractivity contribution in [2.45, 2.75) is 6.92 Å². The van der Waals surface area contributed by atoms with Crippen LogP contribution < -0.4 is 4.52 Å². The number of nitro groups is 2. The highest BCUT2D eigenvalue weighted by Crippen LogP contribution is 2.49. The van der Waals surface area contributed by atoms with Crippen LogP contribution in [0.3, 0.4) is 0 Å². The Labute approximate surface area is 106 Å². The monoisotopic (exact) mass is 292 g/mol. The lowest BCUT2D eigenvalue weighted by Crippen LogP contribution is -2.02. The molecule has 0 aromatic heterocycles. The zero-order chi connectivity index (χ0) is 14.8. The van der Waals surface area contributed by atoms with Gasteiger partial charge in [0.05, 0.1) is 9.85 Å². The summed E-state index contributed by atoms with van der Waals surface area (Å²) in [6.07, 6.45) is 0. The summed E-state index contributed by atoms with van der Waals surface area (Å²) in [6, 6.07) is 1.97. The van der Waals surface area contributed by atoms with E-state index in [0.717, 1.165) is 19.2 Å². The number of nitro benzene ring substituents is 2. The third kappa shape index (κ3) is 3.47. The molecule has 0 aliphatic heterocycles. The minimum Gasteiger partial charge on any atom is -0.389 e.